The molecule has 4 nitrogen and oxygen atoms in total. The van der Waals surface area contributed by atoms with Gasteiger partial charge in [-0.2, -0.15) is 26.3 Å². The van der Waals surface area contributed by atoms with Crippen molar-refractivity contribution in [1.29, 1.82) is 0 Å². The molecule has 0 aromatic heterocycles. The van der Waals surface area contributed by atoms with E-state index >= 15 is 0 Å². The fourth-order valence-corrected chi connectivity index (χ4v) is 10.1. The summed E-state index contributed by atoms with van der Waals surface area (Å²) >= 11 is 0. The van der Waals surface area contributed by atoms with Crippen molar-refractivity contribution in [2.75, 3.05) is 32.7 Å². The van der Waals surface area contributed by atoms with Gasteiger partial charge in [0.15, 0.2) is 0 Å². The Morgan fingerprint density at radius 3 is 2.07 bits per heavy atom. The van der Waals surface area contributed by atoms with Crippen LogP contribution in [0.5, 0.6) is 0 Å². The van der Waals surface area contributed by atoms with Crippen molar-refractivity contribution in [2.45, 2.75) is 96.1 Å². The molecule has 0 radical (unpaired) electrons. The van der Waals surface area contributed by atoms with E-state index in [0.717, 1.165) is 69.9 Å². The number of fused-ring (bicyclic) bond motifs is 5. The smallest absolute Gasteiger partial charge is 0.389 e. The van der Waals surface area contributed by atoms with Crippen LogP contribution in [0.15, 0.2) is 18.2 Å². The van der Waals surface area contributed by atoms with E-state index in [9.17, 15) is 36.2 Å². The lowest BCUT2D eigenvalue weighted by atomic mass is 9.44. The van der Waals surface area contributed by atoms with Crippen molar-refractivity contribution in [1.82, 2.24) is 9.80 Å². The third-order valence-corrected chi connectivity index (χ3v) is 12.6. The molecule has 2 unspecified atom stereocenters. The highest BCUT2D eigenvalue weighted by Gasteiger charge is 2.61. The van der Waals surface area contributed by atoms with Crippen LogP contribution >= 0.6 is 0 Å². The molecule has 6 rings (SSSR count). The Kier molecular flexibility index (Phi) is 7.81. The summed E-state index contributed by atoms with van der Waals surface area (Å²) in [5.41, 5.74) is -3.31. The first-order valence-electron chi connectivity index (χ1n) is 16.0. The Balaban J connectivity index is 1.05. The number of aliphatic hydroxyl groups is 1. The summed E-state index contributed by atoms with van der Waals surface area (Å²) in [6.45, 7) is 7.43. The number of carbonyl (C=O) groups excluding carboxylic acids is 1. The van der Waals surface area contributed by atoms with Crippen molar-refractivity contribution in [3.63, 3.8) is 0 Å². The summed E-state index contributed by atoms with van der Waals surface area (Å²) in [4.78, 5) is 16.8. The quantitative estimate of drug-likeness (QED) is 0.365. The Hall–Kier alpha value is -1.65. The molecule has 240 valence electrons. The number of carbonyl (C=O) groups is 1. The van der Waals surface area contributed by atoms with Crippen molar-refractivity contribution in [3.05, 3.63) is 34.9 Å². The number of alkyl halides is 6. The molecule has 7 atom stereocenters. The molecule has 0 bridgehead atoms. The number of halogens is 6. The molecule has 0 spiro atoms. The zero-order valence-corrected chi connectivity index (χ0v) is 25.2. The summed E-state index contributed by atoms with van der Waals surface area (Å²) in [5, 5.41) is 11.8. The van der Waals surface area contributed by atoms with Gasteiger partial charge in [0.05, 0.1) is 16.7 Å². The summed E-state index contributed by atoms with van der Waals surface area (Å²) in [6, 6.07) is 1.80. The number of hydrogen-bond acceptors (Lipinski definition) is 4. The van der Waals surface area contributed by atoms with Gasteiger partial charge in [0.1, 0.15) is 5.78 Å². The van der Waals surface area contributed by atoms with Crippen LogP contribution in [0.3, 0.4) is 0 Å². The van der Waals surface area contributed by atoms with Gasteiger partial charge in [-0.1, -0.05) is 13.8 Å². The molecule has 4 aliphatic carbocycles. The summed E-state index contributed by atoms with van der Waals surface area (Å²) in [6.07, 6.45) is -1.16. The predicted octanol–water partition coefficient (Wildman–Crippen LogP) is 7.18. The van der Waals surface area contributed by atoms with E-state index < -0.39 is 29.1 Å². The van der Waals surface area contributed by atoms with Crippen molar-refractivity contribution in [2.24, 2.45) is 34.5 Å². The molecule has 4 saturated carbocycles. The first kappa shape index (κ1) is 31.3. The topological polar surface area (TPSA) is 43.8 Å². The second kappa shape index (κ2) is 10.7. The summed E-state index contributed by atoms with van der Waals surface area (Å²) < 4.78 is 79.7. The van der Waals surface area contributed by atoms with Gasteiger partial charge in [0.25, 0.3) is 0 Å². The molecule has 1 aromatic rings. The van der Waals surface area contributed by atoms with E-state index in [2.05, 4.69) is 18.7 Å². The average molecular weight is 615 g/mol. The number of ketones is 1. The SMILES string of the molecule is C[C@]12CCC(O)(CN3CCN(Cc4cc(C(F)(F)F)cc(C(F)(F)F)c4)CC3)CC1CC[C@@H]1[C@H]2CC[C@]2(C)C(=O)CC[C@@H]12. The molecular formula is C33H44F6N2O2. The van der Waals surface area contributed by atoms with Gasteiger partial charge in [0, 0.05) is 51.1 Å². The maximum atomic E-state index is 13.3. The van der Waals surface area contributed by atoms with E-state index in [1.165, 1.54) is 0 Å². The number of nitrogens with zero attached hydrogens (tertiary/aromatic N) is 2. The highest BCUT2D eigenvalue weighted by atomic mass is 19.4. The third-order valence-electron chi connectivity index (χ3n) is 12.6. The van der Waals surface area contributed by atoms with Crippen molar-refractivity contribution in [3.8, 4) is 0 Å². The first-order valence-corrected chi connectivity index (χ1v) is 16.0. The number of Topliss-reactive ketones (excluding diaryl/α,β-unsaturated/α-hetero) is 1. The number of β-amino-alcohol motifs (C(OH)–C–C–N with tert-alkyl or cyclic N) is 1. The van der Waals surface area contributed by atoms with Crippen LogP contribution in [-0.2, 0) is 23.7 Å². The molecule has 5 aliphatic rings. The predicted molar refractivity (Wildman–Crippen MR) is 150 cm³/mol. The molecule has 5 fully saturated rings. The van der Waals surface area contributed by atoms with E-state index in [1.807, 2.05) is 4.90 Å². The van der Waals surface area contributed by atoms with Gasteiger partial charge in [0.2, 0.25) is 0 Å². The van der Waals surface area contributed by atoms with Gasteiger partial charge >= 0.3 is 12.4 Å². The zero-order valence-electron chi connectivity index (χ0n) is 25.2. The van der Waals surface area contributed by atoms with Gasteiger partial charge in [-0.05, 0) is 104 Å². The highest BCUT2D eigenvalue weighted by Crippen LogP contribution is 2.66. The number of benzene rings is 1. The Labute approximate surface area is 250 Å². The van der Waals surface area contributed by atoms with Crippen molar-refractivity contribution < 1.29 is 36.2 Å². The lowest BCUT2D eigenvalue weighted by Gasteiger charge is -2.61. The minimum atomic E-state index is -4.85. The minimum absolute atomic E-state index is 0.00129. The molecule has 1 aromatic carbocycles. The third kappa shape index (κ3) is 5.78. The van der Waals surface area contributed by atoms with E-state index in [0.29, 0.717) is 62.2 Å². The molecule has 43 heavy (non-hydrogen) atoms. The van der Waals surface area contributed by atoms with Crippen LogP contribution in [-0.4, -0.2) is 59.0 Å². The van der Waals surface area contributed by atoms with Gasteiger partial charge < -0.3 is 5.11 Å². The average Bonchev–Trinajstić information content (AvgIpc) is 3.23. The van der Waals surface area contributed by atoms with Crippen LogP contribution in [0.2, 0.25) is 0 Å². The Bertz CT molecular complexity index is 1190. The molecule has 1 saturated heterocycles. The van der Waals surface area contributed by atoms with Crippen LogP contribution in [0.4, 0.5) is 26.3 Å². The van der Waals surface area contributed by atoms with Crippen LogP contribution in [0, 0.1) is 34.5 Å². The Morgan fingerprint density at radius 1 is 0.814 bits per heavy atom. The summed E-state index contributed by atoms with van der Waals surface area (Å²) in [7, 11) is 0. The number of rotatable bonds is 4. The van der Waals surface area contributed by atoms with Crippen LogP contribution in [0.1, 0.15) is 88.3 Å². The van der Waals surface area contributed by atoms with Gasteiger partial charge in [-0.15, -0.1) is 0 Å². The largest absolute Gasteiger partial charge is 0.416 e. The lowest BCUT2D eigenvalue weighted by Crippen LogP contribution is -2.59. The van der Waals surface area contributed by atoms with E-state index in [-0.39, 0.29) is 29.0 Å². The van der Waals surface area contributed by atoms with Crippen LogP contribution < -0.4 is 0 Å². The highest BCUT2D eigenvalue weighted by molar-refractivity contribution is 5.87. The van der Waals surface area contributed by atoms with Crippen molar-refractivity contribution >= 4 is 5.78 Å². The molecule has 10 heteroatoms. The second-order valence-electron chi connectivity index (χ2n) is 15.0. The number of piperazine rings is 1. The van der Waals surface area contributed by atoms with E-state index in [4.69, 9.17) is 0 Å². The standard InChI is InChI=1S/C33H44F6N2O2/c1-29-9-10-31(43,18-22(29)3-4-25-26-5-6-28(42)30(26,2)8-7-27(25)29)20-41-13-11-40(12-14-41)19-21-15-23(32(34,35)36)17-24(16-21)33(37,38)39/h15-17,22,25-27,43H,3-14,18-20H2,1-2H3/t22?,25-,26-,27+,29-,30-,31?/m0/s1. The number of hydrogen-bond donors (Lipinski definition) is 1. The fourth-order valence-electron chi connectivity index (χ4n) is 10.1. The first-order chi connectivity index (χ1) is 20.0. The molecule has 1 N–H and O–H groups in total. The Morgan fingerprint density at radius 2 is 1.44 bits per heavy atom. The molecule has 1 heterocycles. The maximum absolute atomic E-state index is 13.3. The van der Waals surface area contributed by atoms with Gasteiger partial charge in [-0.25, -0.2) is 0 Å². The minimum Gasteiger partial charge on any atom is -0.389 e. The second-order valence-corrected chi connectivity index (χ2v) is 15.0. The van der Waals surface area contributed by atoms with E-state index in [1.54, 1.807) is 0 Å². The summed E-state index contributed by atoms with van der Waals surface area (Å²) in [5.74, 6) is 2.62. The molecule has 1 aliphatic heterocycles. The lowest BCUT2D eigenvalue weighted by molar-refractivity contribution is -0.158. The maximum Gasteiger partial charge on any atom is 0.416 e. The van der Waals surface area contributed by atoms with Gasteiger partial charge in [-0.3, -0.25) is 14.6 Å². The monoisotopic (exact) mass is 614 g/mol. The molecule has 0 amide bonds. The molecular weight excluding hydrogens is 570 g/mol. The fraction of sp³-hybridized carbons (Fsp3) is 0.788. The zero-order chi connectivity index (χ0) is 31.0. The van der Waals surface area contributed by atoms with Crippen LogP contribution in [0.25, 0.3) is 0 Å². The normalized spacial score (nSPS) is 39.3.